The third-order valence-electron chi connectivity index (χ3n) is 8.21. The van der Waals surface area contributed by atoms with Crippen LogP contribution in [0.4, 0.5) is 5.95 Å². The first-order valence-electron chi connectivity index (χ1n) is 14.3. The largest absolute Gasteiger partial charge is 0.393 e. The molecule has 0 unspecified atom stereocenters. The Balaban J connectivity index is 1.42. The maximum absolute atomic E-state index is 10.1. The summed E-state index contributed by atoms with van der Waals surface area (Å²) < 4.78 is 2.36. The minimum absolute atomic E-state index is 0.170. The molecule has 5 rings (SSSR count). The Labute approximate surface area is 221 Å². The zero-order valence-electron chi connectivity index (χ0n) is 22.9. The molecule has 0 spiro atoms. The Morgan fingerprint density at radius 2 is 1.84 bits per heavy atom. The molecule has 3 aromatic rings. The highest BCUT2D eigenvalue weighted by molar-refractivity contribution is 5.94. The summed E-state index contributed by atoms with van der Waals surface area (Å²) in [5.74, 6) is 0.702. The summed E-state index contributed by atoms with van der Waals surface area (Å²) in [7, 11) is 2.22. The predicted octanol–water partition coefficient (Wildman–Crippen LogP) is 5.31. The lowest BCUT2D eigenvalue weighted by molar-refractivity contribution is 0.111. The molecule has 3 heterocycles. The van der Waals surface area contributed by atoms with E-state index in [4.69, 9.17) is 9.97 Å². The molecule has 1 saturated carbocycles. The number of nitrogens with zero attached hydrogens (tertiary/aromatic N) is 5. The van der Waals surface area contributed by atoms with Gasteiger partial charge < -0.3 is 19.9 Å². The Kier molecular flexibility index (Phi) is 8.43. The van der Waals surface area contributed by atoms with E-state index < -0.39 is 0 Å². The van der Waals surface area contributed by atoms with Crippen LogP contribution in [0.1, 0.15) is 70.4 Å². The van der Waals surface area contributed by atoms with Crippen LogP contribution in [-0.2, 0) is 6.54 Å². The number of fused-ring (bicyclic) bond motifs is 1. The molecule has 1 aromatic carbocycles. The molecule has 7 heteroatoms. The van der Waals surface area contributed by atoms with E-state index in [0.29, 0.717) is 18.0 Å². The van der Waals surface area contributed by atoms with Gasteiger partial charge in [-0.05, 0) is 76.7 Å². The Morgan fingerprint density at radius 1 is 1.05 bits per heavy atom. The molecule has 37 heavy (non-hydrogen) atoms. The molecule has 1 aliphatic heterocycles. The van der Waals surface area contributed by atoms with Crippen LogP contribution in [0.3, 0.4) is 0 Å². The highest BCUT2D eigenvalue weighted by atomic mass is 16.3. The van der Waals surface area contributed by atoms with Crippen molar-refractivity contribution in [2.75, 3.05) is 38.5 Å². The Morgan fingerprint density at radius 3 is 2.59 bits per heavy atom. The van der Waals surface area contributed by atoms with E-state index in [1.165, 1.54) is 36.2 Å². The van der Waals surface area contributed by atoms with E-state index in [0.717, 1.165) is 69.2 Å². The molecule has 7 nitrogen and oxygen atoms in total. The van der Waals surface area contributed by atoms with Gasteiger partial charge in [-0.1, -0.05) is 37.6 Å². The Bertz CT molecular complexity index is 1150. The highest BCUT2D eigenvalue weighted by Crippen LogP contribution is 2.37. The molecule has 2 fully saturated rings. The maximum Gasteiger partial charge on any atom is 0.224 e. The third kappa shape index (κ3) is 6.33. The number of hydrogen-bond donors (Lipinski definition) is 2. The van der Waals surface area contributed by atoms with Gasteiger partial charge in [0.25, 0.3) is 0 Å². The van der Waals surface area contributed by atoms with Crippen molar-refractivity contribution in [3.8, 4) is 11.1 Å². The van der Waals surface area contributed by atoms with Gasteiger partial charge >= 0.3 is 0 Å². The van der Waals surface area contributed by atoms with Gasteiger partial charge in [-0.15, -0.1) is 0 Å². The normalized spacial score (nSPS) is 22.7. The van der Waals surface area contributed by atoms with E-state index in [-0.39, 0.29) is 6.10 Å². The van der Waals surface area contributed by atoms with Crippen molar-refractivity contribution in [1.29, 1.82) is 0 Å². The third-order valence-corrected chi connectivity index (χ3v) is 8.21. The standard InChI is InChI=1S/C30H44N6O/c1-4-6-22(2)32-30-31-19-27-28(21-36(29(27)33-30)25-11-13-26(37)14-12-25)24-9-7-23(8-10-24)20-35-16-5-15-34(3)17-18-35/h7-10,19,21-22,25-26,37H,4-6,11-18,20H2,1-3H3,(H,31,32,33)/t22-,25?,26?/m1/s1. The second kappa shape index (κ2) is 11.9. The van der Waals surface area contributed by atoms with Crippen LogP contribution in [0.5, 0.6) is 0 Å². The van der Waals surface area contributed by atoms with Crippen LogP contribution in [-0.4, -0.2) is 74.8 Å². The van der Waals surface area contributed by atoms with Crippen LogP contribution in [0.25, 0.3) is 22.2 Å². The van der Waals surface area contributed by atoms with Crippen molar-refractivity contribution in [1.82, 2.24) is 24.3 Å². The van der Waals surface area contributed by atoms with E-state index in [1.807, 2.05) is 6.20 Å². The molecule has 2 aromatic heterocycles. The number of rotatable bonds is 8. The summed E-state index contributed by atoms with van der Waals surface area (Å²) >= 11 is 0. The number of likely N-dealkylation sites (N-methyl/N-ethyl adjacent to an activating group) is 1. The van der Waals surface area contributed by atoms with E-state index in [9.17, 15) is 5.11 Å². The summed E-state index contributed by atoms with van der Waals surface area (Å²) in [6, 6.07) is 9.79. The number of hydrogen-bond acceptors (Lipinski definition) is 6. The van der Waals surface area contributed by atoms with Crippen molar-refractivity contribution in [3.05, 3.63) is 42.2 Å². The highest BCUT2D eigenvalue weighted by Gasteiger charge is 2.24. The predicted molar refractivity (Wildman–Crippen MR) is 152 cm³/mol. The first kappa shape index (κ1) is 26.1. The van der Waals surface area contributed by atoms with E-state index in [2.05, 4.69) is 71.0 Å². The molecule has 0 amide bonds. The fourth-order valence-corrected chi connectivity index (χ4v) is 5.98. The lowest BCUT2D eigenvalue weighted by Gasteiger charge is -2.27. The molecule has 1 atom stereocenters. The Hall–Kier alpha value is -2.48. The van der Waals surface area contributed by atoms with Crippen LogP contribution in [0, 0.1) is 0 Å². The van der Waals surface area contributed by atoms with E-state index >= 15 is 0 Å². The maximum atomic E-state index is 10.1. The summed E-state index contributed by atoms with van der Waals surface area (Å²) in [5.41, 5.74) is 4.76. The van der Waals surface area contributed by atoms with Crippen molar-refractivity contribution < 1.29 is 5.11 Å². The van der Waals surface area contributed by atoms with Crippen LogP contribution in [0.2, 0.25) is 0 Å². The number of benzene rings is 1. The van der Waals surface area contributed by atoms with Gasteiger partial charge in [0.05, 0.1) is 6.10 Å². The first-order chi connectivity index (χ1) is 18.0. The van der Waals surface area contributed by atoms with Crippen LogP contribution in [0.15, 0.2) is 36.7 Å². The number of aliphatic hydroxyl groups excluding tert-OH is 1. The van der Waals surface area contributed by atoms with Crippen LogP contribution >= 0.6 is 0 Å². The van der Waals surface area contributed by atoms with Crippen molar-refractivity contribution in [2.24, 2.45) is 0 Å². The first-order valence-corrected chi connectivity index (χ1v) is 14.3. The summed E-state index contributed by atoms with van der Waals surface area (Å²) in [4.78, 5) is 14.7. The summed E-state index contributed by atoms with van der Waals surface area (Å²) in [6.07, 6.45) is 11.2. The van der Waals surface area contributed by atoms with Crippen molar-refractivity contribution in [2.45, 2.75) is 83.5 Å². The molecule has 0 bridgehead atoms. The minimum Gasteiger partial charge on any atom is -0.393 e. The quantitative estimate of drug-likeness (QED) is 0.433. The average Bonchev–Trinajstić information content (AvgIpc) is 3.14. The number of aliphatic hydroxyl groups is 1. The van der Waals surface area contributed by atoms with Gasteiger partial charge in [-0.2, -0.15) is 4.98 Å². The molecule has 1 saturated heterocycles. The summed E-state index contributed by atoms with van der Waals surface area (Å²) in [5, 5.41) is 14.7. The topological polar surface area (TPSA) is 69.5 Å². The zero-order chi connectivity index (χ0) is 25.8. The van der Waals surface area contributed by atoms with Gasteiger partial charge in [0.15, 0.2) is 0 Å². The SMILES string of the molecule is CCC[C@@H](C)Nc1ncc2c(-c3ccc(CN4CCCN(C)CC4)cc3)cn(C3CCC(O)CC3)c2n1. The second-order valence-electron chi connectivity index (χ2n) is 11.3. The van der Waals surface area contributed by atoms with Gasteiger partial charge in [0.1, 0.15) is 5.65 Å². The molecule has 200 valence electrons. The van der Waals surface area contributed by atoms with Crippen molar-refractivity contribution >= 4 is 17.0 Å². The molecule has 2 N–H and O–H groups in total. The number of anilines is 1. The van der Waals surface area contributed by atoms with E-state index in [1.54, 1.807) is 0 Å². The molecule has 1 aliphatic carbocycles. The number of nitrogens with one attached hydrogen (secondary N) is 1. The summed E-state index contributed by atoms with van der Waals surface area (Å²) in [6.45, 7) is 10.0. The van der Waals surface area contributed by atoms with Crippen molar-refractivity contribution in [3.63, 3.8) is 0 Å². The lowest BCUT2D eigenvalue weighted by Crippen LogP contribution is -2.28. The van der Waals surface area contributed by atoms with Gasteiger partial charge in [-0.3, -0.25) is 4.90 Å². The fourth-order valence-electron chi connectivity index (χ4n) is 5.98. The molecule has 2 aliphatic rings. The smallest absolute Gasteiger partial charge is 0.224 e. The molecule has 0 radical (unpaired) electrons. The monoisotopic (exact) mass is 504 g/mol. The lowest BCUT2D eigenvalue weighted by atomic mass is 9.93. The second-order valence-corrected chi connectivity index (χ2v) is 11.3. The number of aromatic nitrogens is 3. The fraction of sp³-hybridized carbons (Fsp3) is 0.600. The zero-order valence-corrected chi connectivity index (χ0v) is 22.9. The average molecular weight is 505 g/mol. The minimum atomic E-state index is -0.170. The van der Waals surface area contributed by atoms with Gasteiger partial charge in [0, 0.05) is 55.1 Å². The van der Waals surface area contributed by atoms with Gasteiger partial charge in [-0.25, -0.2) is 4.98 Å². The van der Waals surface area contributed by atoms with Crippen LogP contribution < -0.4 is 5.32 Å². The molecular weight excluding hydrogens is 460 g/mol. The molecular formula is C30H44N6O. The van der Waals surface area contributed by atoms with Gasteiger partial charge in [0.2, 0.25) is 5.95 Å².